The first-order chi connectivity index (χ1) is 8.00. The van der Waals surface area contributed by atoms with E-state index in [-0.39, 0.29) is 17.5 Å². The number of nitrogens with one attached hydrogen (secondary N) is 1. The van der Waals surface area contributed by atoms with Crippen molar-refractivity contribution in [2.45, 2.75) is 39.2 Å². The molecule has 1 unspecified atom stereocenters. The molecular formula is C14H21NO2. The lowest BCUT2D eigenvalue weighted by Gasteiger charge is -2.39. The number of benzene rings is 1. The van der Waals surface area contributed by atoms with Gasteiger partial charge in [0.15, 0.2) is 0 Å². The molecule has 0 aromatic heterocycles. The van der Waals surface area contributed by atoms with E-state index in [0.717, 1.165) is 12.1 Å². The third kappa shape index (κ3) is 2.72. The smallest absolute Gasteiger partial charge is 0.120 e. The van der Waals surface area contributed by atoms with Crippen LogP contribution in [-0.4, -0.2) is 16.8 Å². The Labute approximate surface area is 102 Å². The molecule has 1 saturated carbocycles. The van der Waals surface area contributed by atoms with Gasteiger partial charge >= 0.3 is 0 Å². The highest BCUT2D eigenvalue weighted by atomic mass is 16.3. The van der Waals surface area contributed by atoms with Gasteiger partial charge in [-0.2, -0.15) is 0 Å². The molecule has 0 saturated heterocycles. The molecule has 1 aromatic carbocycles. The van der Waals surface area contributed by atoms with Gasteiger partial charge in [0.05, 0.1) is 0 Å². The summed E-state index contributed by atoms with van der Waals surface area (Å²) >= 11 is 0. The van der Waals surface area contributed by atoms with Gasteiger partial charge in [-0.05, 0) is 43.4 Å². The van der Waals surface area contributed by atoms with Crippen LogP contribution in [0.3, 0.4) is 0 Å². The van der Waals surface area contributed by atoms with Gasteiger partial charge in [0.25, 0.3) is 0 Å². The predicted molar refractivity (Wildman–Crippen MR) is 68.1 cm³/mol. The quantitative estimate of drug-likeness (QED) is 0.703. The molecule has 3 nitrogen and oxygen atoms in total. The van der Waals surface area contributed by atoms with Crippen molar-refractivity contribution in [2.75, 3.05) is 6.54 Å². The zero-order chi connectivity index (χ0) is 12.5. The molecule has 17 heavy (non-hydrogen) atoms. The van der Waals surface area contributed by atoms with Crippen LogP contribution >= 0.6 is 0 Å². The van der Waals surface area contributed by atoms with Crippen molar-refractivity contribution in [1.29, 1.82) is 0 Å². The minimum atomic E-state index is 0.0551. The van der Waals surface area contributed by atoms with Crippen molar-refractivity contribution in [3.05, 3.63) is 23.8 Å². The molecule has 1 fully saturated rings. The first-order valence-corrected chi connectivity index (χ1v) is 6.25. The Hall–Kier alpha value is -1.22. The van der Waals surface area contributed by atoms with Gasteiger partial charge in [0, 0.05) is 18.2 Å². The van der Waals surface area contributed by atoms with Crippen molar-refractivity contribution in [3.8, 4) is 11.5 Å². The number of phenolic OH excluding ortho intramolecular Hbond substituents is 2. The standard InChI is InChI=1S/C14H21NO2/c1-10(15-9-14(2)6-3-7-14)12-8-11(16)4-5-13(12)17/h4-5,8,10,15-17H,3,6-7,9H2,1-2H3. The van der Waals surface area contributed by atoms with E-state index >= 15 is 0 Å². The maximum absolute atomic E-state index is 9.75. The zero-order valence-corrected chi connectivity index (χ0v) is 10.5. The highest BCUT2D eigenvalue weighted by molar-refractivity contribution is 5.40. The lowest BCUT2D eigenvalue weighted by molar-refractivity contribution is 0.151. The molecular weight excluding hydrogens is 214 g/mol. The summed E-state index contributed by atoms with van der Waals surface area (Å²) in [6.45, 7) is 5.26. The molecule has 94 valence electrons. The monoisotopic (exact) mass is 235 g/mol. The minimum absolute atomic E-state index is 0.0551. The van der Waals surface area contributed by atoms with Gasteiger partial charge < -0.3 is 15.5 Å². The number of phenols is 2. The lowest BCUT2D eigenvalue weighted by atomic mass is 9.70. The third-order valence-electron chi connectivity index (χ3n) is 3.87. The molecule has 3 heteroatoms. The van der Waals surface area contributed by atoms with Gasteiger partial charge in [-0.1, -0.05) is 13.3 Å². The molecule has 1 aromatic rings. The van der Waals surface area contributed by atoms with E-state index in [2.05, 4.69) is 12.2 Å². The molecule has 3 N–H and O–H groups in total. The number of hydrogen-bond acceptors (Lipinski definition) is 3. The van der Waals surface area contributed by atoms with E-state index in [9.17, 15) is 10.2 Å². The van der Waals surface area contributed by atoms with E-state index in [0.29, 0.717) is 5.41 Å². The van der Waals surface area contributed by atoms with Crippen molar-refractivity contribution in [3.63, 3.8) is 0 Å². The molecule has 1 aliphatic carbocycles. The van der Waals surface area contributed by atoms with Crippen LogP contribution in [0, 0.1) is 5.41 Å². The second-order valence-corrected chi connectivity index (χ2v) is 5.51. The van der Waals surface area contributed by atoms with Crippen molar-refractivity contribution in [2.24, 2.45) is 5.41 Å². The summed E-state index contributed by atoms with van der Waals surface area (Å²) in [5, 5.41) is 22.6. The Morgan fingerprint density at radius 1 is 1.35 bits per heavy atom. The summed E-state index contributed by atoms with van der Waals surface area (Å²) in [5.74, 6) is 0.433. The van der Waals surface area contributed by atoms with E-state index in [4.69, 9.17) is 0 Å². The summed E-state index contributed by atoms with van der Waals surface area (Å²) in [6.07, 6.45) is 3.88. The first-order valence-electron chi connectivity index (χ1n) is 6.25. The van der Waals surface area contributed by atoms with Crippen LogP contribution in [0.25, 0.3) is 0 Å². The van der Waals surface area contributed by atoms with Gasteiger partial charge in [-0.3, -0.25) is 0 Å². The topological polar surface area (TPSA) is 52.5 Å². The van der Waals surface area contributed by atoms with Gasteiger partial charge in [-0.15, -0.1) is 0 Å². The van der Waals surface area contributed by atoms with Crippen LogP contribution in [0.4, 0.5) is 0 Å². The Balaban J connectivity index is 1.99. The fraction of sp³-hybridized carbons (Fsp3) is 0.571. The molecule has 1 aliphatic rings. The summed E-state index contributed by atoms with van der Waals surface area (Å²) in [6, 6.07) is 4.71. The molecule has 0 heterocycles. The number of aromatic hydroxyl groups is 2. The average Bonchev–Trinajstić information content (AvgIpc) is 2.26. The predicted octanol–water partition coefficient (Wildman–Crippen LogP) is 2.94. The van der Waals surface area contributed by atoms with Crippen molar-refractivity contribution < 1.29 is 10.2 Å². The second kappa shape index (κ2) is 4.57. The van der Waals surface area contributed by atoms with Crippen LogP contribution in [0.5, 0.6) is 11.5 Å². The summed E-state index contributed by atoms with van der Waals surface area (Å²) in [4.78, 5) is 0. The van der Waals surface area contributed by atoms with Gasteiger partial charge in [0.2, 0.25) is 0 Å². The maximum Gasteiger partial charge on any atom is 0.120 e. The van der Waals surface area contributed by atoms with Crippen LogP contribution in [-0.2, 0) is 0 Å². The Bertz CT molecular complexity index is 399. The summed E-state index contributed by atoms with van der Waals surface area (Å²) < 4.78 is 0. The number of hydrogen-bond donors (Lipinski definition) is 3. The Kier molecular flexibility index (Phi) is 3.29. The highest BCUT2D eigenvalue weighted by Gasteiger charge is 2.31. The molecule has 2 rings (SSSR count). The molecule has 0 amide bonds. The van der Waals surface area contributed by atoms with E-state index in [1.807, 2.05) is 6.92 Å². The van der Waals surface area contributed by atoms with E-state index in [1.165, 1.54) is 31.4 Å². The van der Waals surface area contributed by atoms with Crippen molar-refractivity contribution >= 4 is 0 Å². The SMILES string of the molecule is CC(NCC1(C)CCC1)c1cc(O)ccc1O. The largest absolute Gasteiger partial charge is 0.508 e. The van der Waals surface area contributed by atoms with Crippen LogP contribution in [0.15, 0.2) is 18.2 Å². The average molecular weight is 235 g/mol. The van der Waals surface area contributed by atoms with Crippen LogP contribution in [0.1, 0.15) is 44.7 Å². The molecule has 1 atom stereocenters. The molecule has 0 radical (unpaired) electrons. The van der Waals surface area contributed by atoms with Gasteiger partial charge in [-0.25, -0.2) is 0 Å². The van der Waals surface area contributed by atoms with Crippen LogP contribution in [0.2, 0.25) is 0 Å². The molecule has 0 spiro atoms. The highest BCUT2D eigenvalue weighted by Crippen LogP contribution is 2.40. The second-order valence-electron chi connectivity index (χ2n) is 5.51. The third-order valence-corrected chi connectivity index (χ3v) is 3.87. The van der Waals surface area contributed by atoms with E-state index in [1.54, 1.807) is 6.07 Å². The van der Waals surface area contributed by atoms with Gasteiger partial charge in [0.1, 0.15) is 11.5 Å². The maximum atomic E-state index is 9.75. The molecule has 0 bridgehead atoms. The Morgan fingerprint density at radius 3 is 2.65 bits per heavy atom. The molecule has 0 aliphatic heterocycles. The lowest BCUT2D eigenvalue weighted by Crippen LogP contribution is -2.38. The minimum Gasteiger partial charge on any atom is -0.508 e. The number of rotatable bonds is 4. The first kappa shape index (κ1) is 12.2. The van der Waals surface area contributed by atoms with E-state index < -0.39 is 0 Å². The summed E-state index contributed by atoms with van der Waals surface area (Å²) in [7, 11) is 0. The Morgan fingerprint density at radius 2 is 2.06 bits per heavy atom. The van der Waals surface area contributed by atoms with Crippen LogP contribution < -0.4 is 5.32 Å². The summed E-state index contributed by atoms with van der Waals surface area (Å²) in [5.41, 5.74) is 1.17. The fourth-order valence-electron chi connectivity index (χ4n) is 2.36. The normalized spacial score (nSPS) is 19.6. The fourth-order valence-corrected chi connectivity index (χ4v) is 2.36. The zero-order valence-electron chi connectivity index (χ0n) is 10.5. The van der Waals surface area contributed by atoms with Crippen molar-refractivity contribution in [1.82, 2.24) is 5.32 Å².